The number of aromatic nitrogens is 1. The normalized spacial score (nSPS) is 13.6. The molecule has 1 aromatic heterocycles. The molecule has 2 nitrogen and oxygen atoms in total. The Morgan fingerprint density at radius 1 is 0.861 bits per heavy atom. The van der Waals surface area contributed by atoms with Gasteiger partial charge >= 0.3 is 0 Å². The average Bonchev–Trinajstić information content (AvgIpc) is 2.82. The van der Waals surface area contributed by atoms with E-state index < -0.39 is 0 Å². The first-order chi connectivity index (χ1) is 17.2. The van der Waals surface area contributed by atoms with Crippen LogP contribution in [0.2, 0.25) is 0 Å². The molecule has 0 saturated carbocycles. The van der Waals surface area contributed by atoms with E-state index in [0.717, 1.165) is 11.4 Å². The van der Waals surface area contributed by atoms with E-state index in [0.29, 0.717) is 11.8 Å². The molecule has 0 aliphatic rings. The first-order valence-electron chi connectivity index (χ1n) is 13.1. The maximum absolute atomic E-state index is 5.25. The van der Waals surface area contributed by atoms with Crippen LogP contribution in [0.1, 0.15) is 68.6 Å². The topological polar surface area (TPSA) is 24.9 Å². The van der Waals surface area contributed by atoms with Gasteiger partial charge in [-0.3, -0.25) is 4.98 Å². The molecule has 0 aliphatic carbocycles. The second kappa shape index (κ2) is 12.5. The second-order valence-corrected chi connectivity index (χ2v) is 10.3. The third kappa shape index (κ3) is 6.85. The molecule has 0 spiro atoms. The summed E-state index contributed by atoms with van der Waals surface area (Å²) in [5.41, 5.74) is 10.7. The summed E-state index contributed by atoms with van der Waals surface area (Å²) in [6, 6.07) is 21.5. The molecule has 1 N–H and O–H groups in total. The summed E-state index contributed by atoms with van der Waals surface area (Å²) < 4.78 is 0. The summed E-state index contributed by atoms with van der Waals surface area (Å²) in [7, 11) is 0. The van der Waals surface area contributed by atoms with Gasteiger partial charge in [0.15, 0.2) is 0 Å². The second-order valence-electron chi connectivity index (χ2n) is 10.3. The van der Waals surface area contributed by atoms with Crippen LogP contribution in [0.15, 0.2) is 96.2 Å². The van der Waals surface area contributed by atoms with Crippen molar-refractivity contribution in [2.75, 3.05) is 0 Å². The Morgan fingerprint density at radius 3 is 2.11 bits per heavy atom. The molecule has 1 heterocycles. The summed E-state index contributed by atoms with van der Waals surface area (Å²) in [6.45, 7) is 17.5. The molecule has 1 atom stereocenters. The summed E-state index contributed by atoms with van der Waals surface area (Å²) in [4.78, 5) is 5.25. The van der Waals surface area contributed by atoms with Gasteiger partial charge in [0.25, 0.3) is 0 Å². The van der Waals surface area contributed by atoms with E-state index in [-0.39, 0.29) is 6.04 Å². The van der Waals surface area contributed by atoms with E-state index >= 15 is 0 Å². The van der Waals surface area contributed by atoms with Crippen LogP contribution in [-0.4, -0.2) is 4.98 Å². The number of hydrogen-bond acceptors (Lipinski definition) is 2. The Bertz CT molecular complexity index is 1220. The summed E-state index contributed by atoms with van der Waals surface area (Å²) >= 11 is 0. The lowest BCUT2D eigenvalue weighted by molar-refractivity contribution is 0.639. The number of nitrogens with zero attached hydrogens (tertiary/aromatic N) is 1. The average molecular weight is 479 g/mol. The van der Waals surface area contributed by atoms with Gasteiger partial charge in [0, 0.05) is 11.3 Å². The lowest BCUT2D eigenvalue weighted by Gasteiger charge is -2.26. The van der Waals surface area contributed by atoms with Crippen LogP contribution in [-0.2, 0) is 0 Å². The maximum Gasteiger partial charge on any atom is 0.0940 e. The molecular formula is C34H42N2. The van der Waals surface area contributed by atoms with Gasteiger partial charge in [-0.15, -0.1) is 0 Å². The third-order valence-corrected chi connectivity index (χ3v) is 6.33. The monoisotopic (exact) mass is 478 g/mol. The number of aryl methyl sites for hydroxylation is 3. The van der Waals surface area contributed by atoms with E-state index in [4.69, 9.17) is 4.98 Å². The molecule has 0 bridgehead atoms. The highest BCUT2D eigenvalue weighted by molar-refractivity contribution is 5.68. The fourth-order valence-corrected chi connectivity index (χ4v) is 4.82. The predicted octanol–water partition coefficient (Wildman–Crippen LogP) is 9.05. The smallest absolute Gasteiger partial charge is 0.0940 e. The molecule has 3 aromatic rings. The Balaban J connectivity index is 2.16. The highest BCUT2D eigenvalue weighted by atomic mass is 15.0. The Morgan fingerprint density at radius 2 is 1.53 bits per heavy atom. The van der Waals surface area contributed by atoms with Gasteiger partial charge in [-0.25, -0.2) is 0 Å². The minimum Gasteiger partial charge on any atom is -0.373 e. The van der Waals surface area contributed by atoms with Crippen molar-refractivity contribution in [3.63, 3.8) is 0 Å². The molecule has 0 fully saturated rings. The maximum atomic E-state index is 5.25. The molecule has 1 unspecified atom stereocenters. The minimum atomic E-state index is -0.0741. The van der Waals surface area contributed by atoms with Gasteiger partial charge in [0.2, 0.25) is 0 Å². The quantitative estimate of drug-likeness (QED) is 0.310. The van der Waals surface area contributed by atoms with Gasteiger partial charge in [-0.1, -0.05) is 106 Å². The van der Waals surface area contributed by atoms with E-state index in [1.165, 1.54) is 39.1 Å². The van der Waals surface area contributed by atoms with Crippen LogP contribution in [0.4, 0.5) is 0 Å². The van der Waals surface area contributed by atoms with Crippen molar-refractivity contribution >= 4 is 0 Å². The van der Waals surface area contributed by atoms with Crippen LogP contribution < -0.4 is 5.32 Å². The number of benzene rings is 2. The predicted molar refractivity (Wildman–Crippen MR) is 156 cm³/mol. The van der Waals surface area contributed by atoms with Crippen molar-refractivity contribution in [2.24, 2.45) is 11.8 Å². The first-order valence-corrected chi connectivity index (χ1v) is 13.1. The Hall–Kier alpha value is -3.39. The van der Waals surface area contributed by atoms with Crippen LogP contribution in [0.5, 0.6) is 0 Å². The number of pyridine rings is 1. The third-order valence-electron chi connectivity index (χ3n) is 6.33. The van der Waals surface area contributed by atoms with Crippen LogP contribution >= 0.6 is 0 Å². The SMILES string of the molecule is C\C=C/C=C(\C(=C\C(C)C)NC(c1ccccc1)c1cccc(-c2c(C)cc(C)cc2C)n1)C(C)C. The van der Waals surface area contributed by atoms with Crippen molar-refractivity contribution in [1.82, 2.24) is 10.3 Å². The lowest BCUT2D eigenvalue weighted by atomic mass is 9.94. The number of allylic oxidation sites excluding steroid dienone is 5. The van der Waals surface area contributed by atoms with Gasteiger partial charge in [-0.2, -0.15) is 0 Å². The van der Waals surface area contributed by atoms with Gasteiger partial charge in [-0.05, 0) is 73.9 Å². The van der Waals surface area contributed by atoms with E-state index in [9.17, 15) is 0 Å². The number of rotatable bonds is 9. The molecule has 36 heavy (non-hydrogen) atoms. The number of nitrogens with one attached hydrogen (secondary N) is 1. The van der Waals surface area contributed by atoms with Crippen LogP contribution in [0, 0.1) is 32.6 Å². The molecular weight excluding hydrogens is 436 g/mol. The molecule has 188 valence electrons. The highest BCUT2D eigenvalue weighted by Crippen LogP contribution is 2.31. The van der Waals surface area contributed by atoms with Gasteiger partial charge in [0.05, 0.1) is 17.4 Å². The van der Waals surface area contributed by atoms with Crippen LogP contribution in [0.3, 0.4) is 0 Å². The molecule has 0 radical (unpaired) electrons. The Labute approximate surface area is 218 Å². The zero-order valence-corrected chi connectivity index (χ0v) is 23.3. The van der Waals surface area contributed by atoms with Crippen molar-refractivity contribution in [2.45, 2.75) is 61.4 Å². The zero-order chi connectivity index (χ0) is 26.2. The molecule has 2 aromatic carbocycles. The summed E-state index contributed by atoms with van der Waals surface area (Å²) in [6.07, 6.45) is 8.78. The molecule has 0 amide bonds. The van der Waals surface area contributed by atoms with Gasteiger partial charge in [0.1, 0.15) is 0 Å². The minimum absolute atomic E-state index is 0.0741. The molecule has 0 aliphatic heterocycles. The van der Waals surface area contributed by atoms with Crippen molar-refractivity contribution < 1.29 is 0 Å². The highest BCUT2D eigenvalue weighted by Gasteiger charge is 2.21. The first kappa shape index (κ1) is 27.2. The van der Waals surface area contributed by atoms with Crippen molar-refractivity contribution in [3.05, 3.63) is 124 Å². The summed E-state index contributed by atoms with van der Waals surface area (Å²) in [5, 5.41) is 3.92. The van der Waals surface area contributed by atoms with E-state index in [1.54, 1.807) is 0 Å². The van der Waals surface area contributed by atoms with Crippen molar-refractivity contribution in [1.29, 1.82) is 0 Å². The molecule has 3 rings (SSSR count). The zero-order valence-electron chi connectivity index (χ0n) is 23.3. The lowest BCUT2D eigenvalue weighted by Crippen LogP contribution is -2.25. The van der Waals surface area contributed by atoms with Crippen molar-refractivity contribution in [3.8, 4) is 11.3 Å². The number of hydrogen-bond donors (Lipinski definition) is 1. The largest absolute Gasteiger partial charge is 0.373 e. The van der Waals surface area contributed by atoms with E-state index in [1.807, 2.05) is 0 Å². The van der Waals surface area contributed by atoms with E-state index in [2.05, 4.69) is 146 Å². The Kier molecular flexibility index (Phi) is 9.47. The fraction of sp³-hybridized carbons (Fsp3) is 0.324. The molecule has 2 heteroatoms. The fourth-order valence-electron chi connectivity index (χ4n) is 4.82. The van der Waals surface area contributed by atoms with Gasteiger partial charge < -0.3 is 5.32 Å². The summed E-state index contributed by atoms with van der Waals surface area (Å²) in [5.74, 6) is 0.793. The standard InChI is InChI=1S/C34H42N2/c1-9-10-17-29(24(4)5)32(20-23(2)3)36-34(28-15-12-11-13-16-28)31-19-14-18-30(35-31)33-26(7)21-25(6)22-27(33)8/h9-24,34,36H,1-8H3/b10-9-,29-17-,32-20-. The molecule has 0 saturated heterocycles. The van der Waals surface area contributed by atoms with Crippen LogP contribution in [0.25, 0.3) is 11.3 Å².